The molecule has 0 radical (unpaired) electrons. The topological polar surface area (TPSA) is 63.6 Å². The van der Waals surface area contributed by atoms with Crippen molar-refractivity contribution in [2.75, 3.05) is 6.61 Å². The lowest BCUT2D eigenvalue weighted by Crippen LogP contribution is -2.32. The van der Waals surface area contributed by atoms with E-state index in [0.29, 0.717) is 6.42 Å². The molecule has 1 N–H and O–H groups in total. The van der Waals surface area contributed by atoms with Gasteiger partial charge < -0.3 is 9.42 Å². The number of hydrogen-bond donors (Lipinski definition) is 1. The summed E-state index contributed by atoms with van der Waals surface area (Å²) in [6, 6.07) is 0. The third-order valence-electron chi connectivity index (χ3n) is 1.97. The number of carbonyl (C=O) groups is 1. The molecule has 16 heavy (non-hydrogen) atoms. The fourth-order valence-corrected chi connectivity index (χ4v) is 1.41. The average Bonchev–Trinajstić information content (AvgIpc) is 2.13. The van der Waals surface area contributed by atoms with Crippen molar-refractivity contribution in [3.8, 4) is 0 Å². The zero-order valence-electron chi connectivity index (χ0n) is 8.71. The first-order chi connectivity index (χ1) is 7.29. The number of carbonyl (C=O) groups excluding carboxylic acids is 1. The first kappa shape index (κ1) is 15.6. The van der Waals surface area contributed by atoms with Gasteiger partial charge in [0, 0.05) is 0 Å². The van der Waals surface area contributed by atoms with Crippen LogP contribution in [0.4, 0.5) is 13.2 Å². The van der Waals surface area contributed by atoms with Gasteiger partial charge in [0.05, 0.1) is 0 Å². The molecule has 2 atom stereocenters. The molecule has 0 bridgehead atoms. The van der Waals surface area contributed by atoms with Crippen LogP contribution in [0.5, 0.6) is 0 Å². The highest BCUT2D eigenvalue weighted by Gasteiger charge is 2.43. The quantitative estimate of drug-likeness (QED) is 0.715. The Bertz CT molecular complexity index is 254. The number of unbranched alkanes of at least 4 members (excludes halogenated alkanes) is 1. The third kappa shape index (κ3) is 6.25. The second-order valence-electron chi connectivity index (χ2n) is 3.26. The second kappa shape index (κ2) is 7.04. The largest absolute Gasteiger partial charge is 0.398 e. The summed E-state index contributed by atoms with van der Waals surface area (Å²) in [6.45, 7) is 0.739. The minimum absolute atomic E-state index is 0.268. The molecule has 0 saturated heterocycles. The molecule has 0 heterocycles. The van der Waals surface area contributed by atoms with Gasteiger partial charge in [-0.2, -0.15) is 13.2 Å². The van der Waals surface area contributed by atoms with E-state index in [4.69, 9.17) is 4.89 Å². The lowest BCUT2D eigenvalue weighted by atomic mass is 9.97. The summed E-state index contributed by atoms with van der Waals surface area (Å²) in [7, 11) is -3.37. The number of rotatable bonds is 7. The van der Waals surface area contributed by atoms with E-state index in [0.717, 1.165) is 0 Å². The van der Waals surface area contributed by atoms with Crippen LogP contribution in [0.3, 0.4) is 0 Å². The van der Waals surface area contributed by atoms with Gasteiger partial charge in [-0.15, -0.1) is 0 Å². The van der Waals surface area contributed by atoms with E-state index in [-0.39, 0.29) is 12.8 Å². The Labute approximate surface area is 91.7 Å². The van der Waals surface area contributed by atoms with Gasteiger partial charge in [0.25, 0.3) is 0 Å². The molecule has 0 spiro atoms. The van der Waals surface area contributed by atoms with Gasteiger partial charge in [-0.05, 0) is 6.42 Å². The van der Waals surface area contributed by atoms with Gasteiger partial charge in [0.2, 0.25) is 0 Å². The maximum atomic E-state index is 12.4. The van der Waals surface area contributed by atoms with Gasteiger partial charge in [-0.1, -0.05) is 19.8 Å². The van der Waals surface area contributed by atoms with E-state index in [1.165, 1.54) is 0 Å². The molecule has 0 rings (SSSR count). The lowest BCUT2D eigenvalue weighted by Gasteiger charge is -2.18. The van der Waals surface area contributed by atoms with E-state index in [1.54, 1.807) is 6.92 Å². The van der Waals surface area contributed by atoms with Crippen molar-refractivity contribution < 1.29 is 31.9 Å². The predicted octanol–water partition coefficient (Wildman–Crippen LogP) is 2.32. The van der Waals surface area contributed by atoms with Crippen LogP contribution in [0.15, 0.2) is 0 Å². The van der Waals surface area contributed by atoms with E-state index in [2.05, 4.69) is 4.52 Å². The standard InChI is InChI=1S/C8H14F3O4P/c1-2-3-4-6(8(9,10)11)7(12)5-15-16(13)14/h6,16H,2-5H2,1H3,(H,13,14). The number of hydrogen-bond acceptors (Lipinski definition) is 3. The van der Waals surface area contributed by atoms with Crippen LogP contribution >= 0.6 is 8.25 Å². The van der Waals surface area contributed by atoms with Crippen LogP contribution in [0.2, 0.25) is 0 Å². The Morgan fingerprint density at radius 2 is 2.06 bits per heavy atom. The molecule has 0 aromatic heterocycles. The Morgan fingerprint density at radius 1 is 1.50 bits per heavy atom. The molecule has 96 valence electrons. The van der Waals surface area contributed by atoms with Gasteiger partial charge in [0.15, 0.2) is 5.78 Å². The maximum Gasteiger partial charge on any atom is 0.398 e. The Kier molecular flexibility index (Phi) is 6.87. The zero-order valence-corrected chi connectivity index (χ0v) is 9.71. The molecule has 0 fully saturated rings. The molecule has 0 aromatic rings. The molecule has 0 saturated carbocycles. The minimum atomic E-state index is -4.62. The maximum absolute atomic E-state index is 12.4. The second-order valence-corrected chi connectivity index (χ2v) is 4.08. The molecule has 0 aromatic carbocycles. The van der Waals surface area contributed by atoms with Gasteiger partial charge in [-0.25, -0.2) is 0 Å². The van der Waals surface area contributed by atoms with Gasteiger partial charge >= 0.3 is 14.4 Å². The normalized spacial score (nSPS) is 15.8. The highest BCUT2D eigenvalue weighted by Crippen LogP contribution is 2.31. The smallest absolute Gasteiger partial charge is 0.326 e. The molecule has 4 nitrogen and oxygen atoms in total. The van der Waals surface area contributed by atoms with Crippen molar-refractivity contribution >= 4 is 14.0 Å². The van der Waals surface area contributed by atoms with E-state index >= 15 is 0 Å². The summed E-state index contributed by atoms with van der Waals surface area (Å²) in [4.78, 5) is 19.4. The molecule has 0 amide bonds. The summed E-state index contributed by atoms with van der Waals surface area (Å²) in [5.74, 6) is -3.30. The van der Waals surface area contributed by atoms with Crippen LogP contribution in [0.1, 0.15) is 26.2 Å². The summed E-state index contributed by atoms with van der Waals surface area (Å²) in [5.41, 5.74) is 0. The summed E-state index contributed by atoms with van der Waals surface area (Å²) >= 11 is 0. The molecule has 0 aliphatic heterocycles. The fourth-order valence-electron chi connectivity index (χ4n) is 1.15. The van der Waals surface area contributed by atoms with Crippen LogP contribution in [0, 0.1) is 5.92 Å². The number of Topliss-reactive ketones (excluding diaryl/α,β-unsaturated/α-hetero) is 1. The molecule has 0 aliphatic rings. The fraction of sp³-hybridized carbons (Fsp3) is 0.875. The zero-order chi connectivity index (χ0) is 12.8. The van der Waals surface area contributed by atoms with Crippen LogP contribution in [0.25, 0.3) is 0 Å². The van der Waals surface area contributed by atoms with Crippen molar-refractivity contribution in [3.63, 3.8) is 0 Å². The average molecular weight is 262 g/mol. The Balaban J connectivity index is 4.38. The van der Waals surface area contributed by atoms with Crippen LogP contribution < -0.4 is 0 Å². The van der Waals surface area contributed by atoms with Crippen molar-refractivity contribution in [1.29, 1.82) is 0 Å². The van der Waals surface area contributed by atoms with Crippen molar-refractivity contribution in [1.82, 2.24) is 0 Å². The highest BCUT2D eigenvalue weighted by atomic mass is 31.1. The number of ketones is 1. The van der Waals surface area contributed by atoms with E-state index in [1.807, 2.05) is 0 Å². The molecular weight excluding hydrogens is 248 g/mol. The van der Waals surface area contributed by atoms with E-state index in [9.17, 15) is 22.5 Å². The van der Waals surface area contributed by atoms with Crippen LogP contribution in [-0.2, 0) is 13.9 Å². The Morgan fingerprint density at radius 3 is 2.44 bits per heavy atom. The summed E-state index contributed by atoms with van der Waals surface area (Å²) < 4.78 is 51.4. The molecule has 8 heteroatoms. The van der Waals surface area contributed by atoms with Crippen LogP contribution in [-0.4, -0.2) is 23.5 Å². The van der Waals surface area contributed by atoms with Crippen molar-refractivity contribution in [2.45, 2.75) is 32.4 Å². The summed E-state index contributed by atoms with van der Waals surface area (Å²) in [5, 5.41) is 0. The first-order valence-electron chi connectivity index (χ1n) is 4.74. The molecular formula is C8H14F3O4P. The Hall–Kier alpha value is -0.390. The SMILES string of the molecule is CCCCC(C(=O)CO[PH](=O)O)C(F)(F)F. The monoisotopic (exact) mass is 262 g/mol. The van der Waals surface area contributed by atoms with Crippen molar-refractivity contribution in [2.24, 2.45) is 5.92 Å². The minimum Gasteiger partial charge on any atom is -0.326 e. The highest BCUT2D eigenvalue weighted by molar-refractivity contribution is 7.32. The van der Waals surface area contributed by atoms with Gasteiger partial charge in [0.1, 0.15) is 12.5 Å². The van der Waals surface area contributed by atoms with Crippen molar-refractivity contribution in [3.05, 3.63) is 0 Å². The molecule has 0 aliphatic carbocycles. The van der Waals surface area contributed by atoms with Gasteiger partial charge in [-0.3, -0.25) is 9.36 Å². The first-order valence-corrected chi connectivity index (χ1v) is 6.00. The molecule has 2 unspecified atom stereocenters. The number of halogens is 3. The lowest BCUT2D eigenvalue weighted by molar-refractivity contribution is -0.184. The summed E-state index contributed by atoms with van der Waals surface area (Å²) in [6.07, 6.45) is -4.13. The third-order valence-corrected chi connectivity index (χ3v) is 2.36. The van der Waals surface area contributed by atoms with E-state index < -0.39 is 32.7 Å². The number of alkyl halides is 3. The predicted molar refractivity (Wildman–Crippen MR) is 51.2 cm³/mol.